The molecule has 1 saturated carbocycles. The predicted molar refractivity (Wildman–Crippen MR) is 62.8 cm³/mol. The molecule has 1 aliphatic carbocycles. The maximum atomic E-state index is 8.77. The molecule has 1 heterocycles. The first-order valence-electron chi connectivity index (χ1n) is 5.52. The SMILES string of the molecule is CC(CN)(Nc1ccnc(C#N)c1)C1CC1. The standard InChI is InChI=1S/C12H16N4/c1-12(8-14,9-2-3-9)16-10-4-5-15-11(6-10)7-13/h4-6,9H,2-3,8,14H2,1H3,(H,15,16). The third-order valence-corrected chi connectivity index (χ3v) is 3.21. The van der Waals surface area contributed by atoms with Gasteiger partial charge in [-0.3, -0.25) is 0 Å². The number of pyridine rings is 1. The molecule has 0 aromatic carbocycles. The lowest BCUT2D eigenvalue weighted by atomic mass is 9.95. The minimum Gasteiger partial charge on any atom is -0.378 e. The van der Waals surface area contributed by atoms with E-state index in [4.69, 9.17) is 11.0 Å². The molecule has 1 aliphatic rings. The van der Waals surface area contributed by atoms with Crippen molar-refractivity contribution in [3.63, 3.8) is 0 Å². The zero-order valence-corrected chi connectivity index (χ0v) is 9.40. The van der Waals surface area contributed by atoms with E-state index in [0.717, 1.165) is 5.69 Å². The lowest BCUT2D eigenvalue weighted by Crippen LogP contribution is -2.44. The number of hydrogen-bond donors (Lipinski definition) is 2. The maximum Gasteiger partial charge on any atom is 0.142 e. The van der Waals surface area contributed by atoms with E-state index < -0.39 is 0 Å². The van der Waals surface area contributed by atoms with Crippen molar-refractivity contribution < 1.29 is 0 Å². The van der Waals surface area contributed by atoms with Crippen LogP contribution in [0.5, 0.6) is 0 Å². The fraction of sp³-hybridized carbons (Fsp3) is 0.500. The molecule has 0 bridgehead atoms. The van der Waals surface area contributed by atoms with E-state index in [2.05, 4.69) is 17.2 Å². The number of nitriles is 1. The average molecular weight is 216 g/mol. The third kappa shape index (κ3) is 2.15. The van der Waals surface area contributed by atoms with E-state index in [1.54, 1.807) is 12.3 Å². The van der Waals surface area contributed by atoms with Gasteiger partial charge in [0.25, 0.3) is 0 Å². The molecule has 0 spiro atoms. The molecule has 84 valence electrons. The zero-order chi connectivity index (χ0) is 11.6. The summed E-state index contributed by atoms with van der Waals surface area (Å²) in [5.74, 6) is 0.649. The van der Waals surface area contributed by atoms with Gasteiger partial charge in [-0.1, -0.05) is 0 Å². The van der Waals surface area contributed by atoms with Crippen LogP contribution in [0.15, 0.2) is 18.3 Å². The summed E-state index contributed by atoms with van der Waals surface area (Å²) in [5.41, 5.74) is 7.12. The Hall–Kier alpha value is -1.60. The van der Waals surface area contributed by atoms with E-state index >= 15 is 0 Å². The van der Waals surface area contributed by atoms with Crippen LogP contribution in [0.3, 0.4) is 0 Å². The number of anilines is 1. The lowest BCUT2D eigenvalue weighted by molar-refractivity contribution is 0.459. The van der Waals surface area contributed by atoms with Gasteiger partial charge in [0.15, 0.2) is 0 Å². The first-order valence-corrected chi connectivity index (χ1v) is 5.52. The molecular formula is C12H16N4. The summed E-state index contributed by atoms with van der Waals surface area (Å²) in [6, 6.07) is 5.67. The molecule has 0 amide bonds. The number of nitrogens with one attached hydrogen (secondary N) is 1. The van der Waals surface area contributed by atoms with Crippen molar-refractivity contribution in [1.29, 1.82) is 5.26 Å². The van der Waals surface area contributed by atoms with Crippen LogP contribution in [0, 0.1) is 17.2 Å². The maximum absolute atomic E-state index is 8.77. The number of aromatic nitrogens is 1. The molecule has 1 aromatic heterocycles. The molecule has 2 rings (SSSR count). The quantitative estimate of drug-likeness (QED) is 0.799. The molecule has 4 nitrogen and oxygen atoms in total. The third-order valence-electron chi connectivity index (χ3n) is 3.21. The molecule has 0 radical (unpaired) electrons. The highest BCUT2D eigenvalue weighted by Gasteiger charge is 2.40. The zero-order valence-electron chi connectivity index (χ0n) is 9.40. The van der Waals surface area contributed by atoms with Gasteiger partial charge in [0, 0.05) is 24.0 Å². The molecule has 0 aliphatic heterocycles. The monoisotopic (exact) mass is 216 g/mol. The van der Waals surface area contributed by atoms with Gasteiger partial charge < -0.3 is 11.1 Å². The van der Waals surface area contributed by atoms with Gasteiger partial charge in [-0.2, -0.15) is 5.26 Å². The fourth-order valence-corrected chi connectivity index (χ4v) is 1.94. The summed E-state index contributed by atoms with van der Waals surface area (Å²) >= 11 is 0. The van der Waals surface area contributed by atoms with E-state index in [9.17, 15) is 0 Å². The highest BCUT2D eigenvalue weighted by molar-refractivity contribution is 5.48. The summed E-state index contributed by atoms with van der Waals surface area (Å²) in [4.78, 5) is 3.94. The summed E-state index contributed by atoms with van der Waals surface area (Å²) < 4.78 is 0. The topological polar surface area (TPSA) is 74.7 Å². The van der Waals surface area contributed by atoms with Crippen LogP contribution in [0.1, 0.15) is 25.5 Å². The Morgan fingerprint density at radius 1 is 1.69 bits per heavy atom. The summed E-state index contributed by atoms with van der Waals surface area (Å²) in [6.07, 6.45) is 4.11. The van der Waals surface area contributed by atoms with Crippen LogP contribution in [-0.2, 0) is 0 Å². The Morgan fingerprint density at radius 2 is 2.44 bits per heavy atom. The Balaban J connectivity index is 2.16. The molecule has 0 saturated heterocycles. The van der Waals surface area contributed by atoms with Gasteiger partial charge in [0.2, 0.25) is 0 Å². The van der Waals surface area contributed by atoms with Gasteiger partial charge >= 0.3 is 0 Å². The first kappa shape index (κ1) is 10.9. The average Bonchev–Trinajstić information content (AvgIpc) is 3.13. The second kappa shape index (κ2) is 4.11. The summed E-state index contributed by atoms with van der Waals surface area (Å²) in [7, 11) is 0. The fourth-order valence-electron chi connectivity index (χ4n) is 1.94. The van der Waals surface area contributed by atoms with E-state index in [0.29, 0.717) is 18.2 Å². The number of nitrogens with two attached hydrogens (primary N) is 1. The Bertz CT molecular complexity index is 419. The first-order chi connectivity index (χ1) is 7.68. The number of nitrogens with zero attached hydrogens (tertiary/aromatic N) is 2. The molecule has 3 N–H and O–H groups in total. The van der Waals surface area contributed by atoms with Gasteiger partial charge in [-0.05, 0) is 37.8 Å². The highest BCUT2D eigenvalue weighted by atomic mass is 15.0. The largest absolute Gasteiger partial charge is 0.378 e. The summed E-state index contributed by atoms with van der Waals surface area (Å²) in [5, 5.41) is 12.2. The minimum absolute atomic E-state index is 0.0614. The Labute approximate surface area is 95.5 Å². The van der Waals surface area contributed by atoms with Crippen molar-refractivity contribution in [2.75, 3.05) is 11.9 Å². The molecule has 1 aromatic rings. The van der Waals surface area contributed by atoms with Gasteiger partial charge in [-0.25, -0.2) is 4.98 Å². The van der Waals surface area contributed by atoms with Crippen molar-refractivity contribution in [3.05, 3.63) is 24.0 Å². The van der Waals surface area contributed by atoms with Crippen LogP contribution in [0.4, 0.5) is 5.69 Å². The van der Waals surface area contributed by atoms with Crippen molar-refractivity contribution >= 4 is 5.69 Å². The molecular weight excluding hydrogens is 200 g/mol. The predicted octanol–water partition coefficient (Wildman–Crippen LogP) is 1.49. The van der Waals surface area contributed by atoms with Crippen LogP contribution in [0.2, 0.25) is 0 Å². The second-order valence-electron chi connectivity index (χ2n) is 4.56. The number of hydrogen-bond acceptors (Lipinski definition) is 4. The molecule has 1 atom stereocenters. The Kier molecular flexibility index (Phi) is 2.80. The molecule has 1 unspecified atom stereocenters. The van der Waals surface area contributed by atoms with E-state index in [-0.39, 0.29) is 5.54 Å². The van der Waals surface area contributed by atoms with Crippen molar-refractivity contribution in [3.8, 4) is 6.07 Å². The van der Waals surface area contributed by atoms with Gasteiger partial charge in [0.05, 0.1) is 0 Å². The van der Waals surface area contributed by atoms with E-state index in [1.807, 2.05) is 12.1 Å². The Morgan fingerprint density at radius 3 is 3.00 bits per heavy atom. The lowest BCUT2D eigenvalue weighted by Gasteiger charge is -2.30. The van der Waals surface area contributed by atoms with Crippen LogP contribution in [-0.4, -0.2) is 17.1 Å². The van der Waals surface area contributed by atoms with Gasteiger partial charge in [-0.15, -0.1) is 0 Å². The van der Waals surface area contributed by atoms with Crippen molar-refractivity contribution in [2.24, 2.45) is 11.7 Å². The molecule has 16 heavy (non-hydrogen) atoms. The second-order valence-corrected chi connectivity index (χ2v) is 4.56. The minimum atomic E-state index is -0.0614. The van der Waals surface area contributed by atoms with Crippen LogP contribution in [0.25, 0.3) is 0 Å². The number of rotatable bonds is 4. The van der Waals surface area contributed by atoms with Crippen molar-refractivity contribution in [1.82, 2.24) is 4.98 Å². The summed E-state index contributed by atoms with van der Waals surface area (Å²) in [6.45, 7) is 2.74. The van der Waals surface area contributed by atoms with E-state index in [1.165, 1.54) is 12.8 Å². The normalized spacial score (nSPS) is 18.6. The molecule has 1 fully saturated rings. The highest BCUT2D eigenvalue weighted by Crippen LogP contribution is 2.40. The van der Waals surface area contributed by atoms with Crippen molar-refractivity contribution in [2.45, 2.75) is 25.3 Å². The van der Waals surface area contributed by atoms with Crippen LogP contribution < -0.4 is 11.1 Å². The smallest absolute Gasteiger partial charge is 0.142 e. The van der Waals surface area contributed by atoms with Gasteiger partial charge in [0.1, 0.15) is 11.8 Å². The molecule has 4 heteroatoms. The van der Waals surface area contributed by atoms with Crippen LogP contribution >= 0.6 is 0 Å².